The fraction of sp³-hybridized carbons (Fsp3) is 0.364. The molecule has 1 aromatic rings. The minimum atomic E-state index is -0.451. The molecular weight excluding hydrogens is 208 g/mol. The van der Waals surface area contributed by atoms with Crippen molar-refractivity contribution in [1.29, 1.82) is 0 Å². The van der Waals surface area contributed by atoms with Gasteiger partial charge in [0.05, 0.1) is 0 Å². The third kappa shape index (κ3) is 7.88. The average molecular weight is 226 g/mol. The van der Waals surface area contributed by atoms with Crippen LogP contribution in [0.25, 0.3) is 0 Å². The maximum atomic E-state index is 10.3. The summed E-state index contributed by atoms with van der Waals surface area (Å²) in [5.74, 6) is 0. The summed E-state index contributed by atoms with van der Waals surface area (Å²) >= 11 is 3.53. The molecule has 0 aliphatic heterocycles. The highest BCUT2D eigenvalue weighted by molar-refractivity contribution is 7.79. The van der Waals surface area contributed by atoms with E-state index in [1.54, 1.807) is 6.26 Å². The van der Waals surface area contributed by atoms with Crippen molar-refractivity contribution in [2.45, 2.75) is 12.8 Å². The molecule has 0 aliphatic carbocycles. The molecule has 0 bridgehead atoms. The summed E-state index contributed by atoms with van der Waals surface area (Å²) in [6.45, 7) is 0.643. The van der Waals surface area contributed by atoms with Crippen LogP contribution in [0.2, 0.25) is 0 Å². The number of amides is 2. The Balaban J connectivity index is 0.000000921. The molecule has 0 heterocycles. The second-order valence-electron chi connectivity index (χ2n) is 2.88. The first kappa shape index (κ1) is 13.8. The average Bonchev–Trinajstić information content (AvgIpc) is 2.28. The summed E-state index contributed by atoms with van der Waals surface area (Å²) in [5.41, 5.74) is 6.21. The number of nitrogens with two attached hydrogens (primary N) is 1. The lowest BCUT2D eigenvalue weighted by atomic mass is 10.1. The summed E-state index contributed by atoms with van der Waals surface area (Å²) in [5, 5.41) is 2.55. The van der Waals surface area contributed by atoms with Gasteiger partial charge < -0.3 is 11.1 Å². The Morgan fingerprint density at radius 3 is 2.47 bits per heavy atom. The molecule has 84 valence electrons. The zero-order chi connectivity index (χ0) is 11.5. The first-order chi connectivity index (χ1) is 7.29. The van der Waals surface area contributed by atoms with Crippen LogP contribution in [0.1, 0.15) is 12.0 Å². The number of carbonyl (C=O) groups is 1. The maximum absolute atomic E-state index is 10.3. The van der Waals surface area contributed by atoms with Crippen LogP contribution in [0.15, 0.2) is 30.3 Å². The summed E-state index contributed by atoms with van der Waals surface area (Å²) in [7, 11) is 0. The number of rotatable bonds is 4. The van der Waals surface area contributed by atoms with Gasteiger partial charge in [-0.1, -0.05) is 30.3 Å². The van der Waals surface area contributed by atoms with Crippen molar-refractivity contribution in [2.24, 2.45) is 5.73 Å². The highest BCUT2D eigenvalue weighted by Gasteiger charge is 1.93. The number of nitrogens with one attached hydrogen (secondary N) is 1. The molecule has 0 unspecified atom stereocenters. The molecule has 1 rings (SSSR count). The van der Waals surface area contributed by atoms with Crippen LogP contribution in [0.3, 0.4) is 0 Å². The molecule has 0 aromatic heterocycles. The molecule has 3 N–H and O–H groups in total. The number of hydrogen-bond acceptors (Lipinski definition) is 2. The van der Waals surface area contributed by atoms with E-state index < -0.39 is 6.03 Å². The molecule has 1 aromatic carbocycles. The molecule has 0 fully saturated rings. The summed E-state index contributed by atoms with van der Waals surface area (Å²) in [4.78, 5) is 10.3. The highest BCUT2D eigenvalue weighted by Crippen LogP contribution is 2.00. The number of hydrogen-bond donors (Lipinski definition) is 3. The van der Waals surface area contributed by atoms with Crippen molar-refractivity contribution >= 4 is 18.7 Å². The van der Waals surface area contributed by atoms with E-state index in [4.69, 9.17) is 5.73 Å². The number of urea groups is 1. The van der Waals surface area contributed by atoms with Crippen molar-refractivity contribution in [1.82, 2.24) is 5.32 Å². The maximum Gasteiger partial charge on any atom is 0.312 e. The van der Waals surface area contributed by atoms with E-state index in [0.717, 1.165) is 12.8 Å². The molecule has 0 atom stereocenters. The summed E-state index contributed by atoms with van der Waals surface area (Å²) in [6.07, 6.45) is 3.59. The van der Waals surface area contributed by atoms with Gasteiger partial charge in [0.1, 0.15) is 0 Å². The fourth-order valence-electron chi connectivity index (χ4n) is 1.15. The lowest BCUT2D eigenvalue weighted by molar-refractivity contribution is 0.249. The van der Waals surface area contributed by atoms with Crippen molar-refractivity contribution in [2.75, 3.05) is 12.8 Å². The van der Waals surface area contributed by atoms with E-state index in [9.17, 15) is 4.79 Å². The molecule has 0 spiro atoms. The van der Waals surface area contributed by atoms with Gasteiger partial charge >= 0.3 is 6.03 Å². The molecule has 15 heavy (non-hydrogen) atoms. The molecule has 3 nitrogen and oxygen atoms in total. The van der Waals surface area contributed by atoms with E-state index in [1.165, 1.54) is 5.56 Å². The van der Waals surface area contributed by atoms with E-state index in [-0.39, 0.29) is 0 Å². The van der Waals surface area contributed by atoms with Gasteiger partial charge in [-0.25, -0.2) is 4.79 Å². The Hall–Kier alpha value is -1.16. The SMILES string of the molecule is CS.NC(=O)NCCCc1ccccc1. The van der Waals surface area contributed by atoms with Crippen LogP contribution in [0.4, 0.5) is 4.79 Å². The number of benzene rings is 1. The normalized spacial score (nSPS) is 8.67. The molecule has 4 heteroatoms. The zero-order valence-corrected chi connectivity index (χ0v) is 9.84. The second-order valence-corrected chi connectivity index (χ2v) is 2.88. The monoisotopic (exact) mass is 226 g/mol. The van der Waals surface area contributed by atoms with Crippen molar-refractivity contribution in [3.05, 3.63) is 35.9 Å². The zero-order valence-electron chi connectivity index (χ0n) is 8.94. The number of carbonyl (C=O) groups excluding carboxylic acids is 1. The van der Waals surface area contributed by atoms with Gasteiger partial charge in [-0.3, -0.25) is 0 Å². The Morgan fingerprint density at radius 1 is 1.33 bits per heavy atom. The van der Waals surface area contributed by atoms with E-state index in [1.807, 2.05) is 18.2 Å². The summed E-state index contributed by atoms with van der Waals surface area (Å²) in [6, 6.07) is 9.71. The number of aryl methyl sites for hydroxylation is 1. The predicted molar refractivity (Wildman–Crippen MR) is 67.3 cm³/mol. The first-order valence-corrected chi connectivity index (χ1v) is 5.70. The van der Waals surface area contributed by atoms with Crippen molar-refractivity contribution < 1.29 is 4.79 Å². The highest BCUT2D eigenvalue weighted by atomic mass is 32.1. The Bertz CT molecular complexity index is 265. The summed E-state index contributed by atoms with van der Waals surface area (Å²) < 4.78 is 0. The molecule has 0 aliphatic rings. The number of primary amides is 1. The molecule has 2 amide bonds. The topological polar surface area (TPSA) is 55.1 Å². The van der Waals surface area contributed by atoms with E-state index >= 15 is 0 Å². The largest absolute Gasteiger partial charge is 0.352 e. The van der Waals surface area contributed by atoms with Gasteiger partial charge in [-0.15, -0.1) is 0 Å². The van der Waals surface area contributed by atoms with Crippen LogP contribution in [0, 0.1) is 0 Å². The fourth-order valence-corrected chi connectivity index (χ4v) is 1.15. The third-order valence-corrected chi connectivity index (χ3v) is 1.78. The van der Waals surface area contributed by atoms with Crippen LogP contribution in [-0.2, 0) is 6.42 Å². The smallest absolute Gasteiger partial charge is 0.312 e. The first-order valence-electron chi connectivity index (χ1n) is 4.81. The Morgan fingerprint density at radius 2 is 1.93 bits per heavy atom. The van der Waals surface area contributed by atoms with Gasteiger partial charge in [-0.05, 0) is 24.7 Å². The second kappa shape index (κ2) is 9.40. The van der Waals surface area contributed by atoms with E-state index in [2.05, 4.69) is 30.1 Å². The van der Waals surface area contributed by atoms with Gasteiger partial charge in [0.25, 0.3) is 0 Å². The Kier molecular flexibility index (Phi) is 8.67. The molecule has 0 saturated heterocycles. The van der Waals surface area contributed by atoms with Crippen LogP contribution in [0.5, 0.6) is 0 Å². The van der Waals surface area contributed by atoms with Crippen LogP contribution < -0.4 is 11.1 Å². The van der Waals surface area contributed by atoms with Gasteiger partial charge in [0.15, 0.2) is 0 Å². The van der Waals surface area contributed by atoms with Gasteiger partial charge in [0, 0.05) is 6.54 Å². The van der Waals surface area contributed by atoms with Gasteiger partial charge in [-0.2, -0.15) is 12.6 Å². The van der Waals surface area contributed by atoms with Crippen LogP contribution >= 0.6 is 12.6 Å². The lowest BCUT2D eigenvalue weighted by Gasteiger charge is -2.01. The third-order valence-electron chi connectivity index (χ3n) is 1.78. The van der Waals surface area contributed by atoms with Crippen LogP contribution in [-0.4, -0.2) is 18.8 Å². The van der Waals surface area contributed by atoms with E-state index in [0.29, 0.717) is 6.54 Å². The Labute approximate surface area is 96.5 Å². The predicted octanol–water partition coefficient (Wildman–Crippen LogP) is 1.83. The minimum absolute atomic E-state index is 0.451. The van der Waals surface area contributed by atoms with Crippen molar-refractivity contribution in [3.8, 4) is 0 Å². The standard InChI is InChI=1S/C10H14N2O.CH4S/c11-10(13)12-8-4-7-9-5-2-1-3-6-9;1-2/h1-3,5-6H,4,7-8H2,(H3,11,12,13);2H,1H3. The van der Waals surface area contributed by atoms with Gasteiger partial charge in [0.2, 0.25) is 0 Å². The molecule has 0 radical (unpaired) electrons. The number of thiol groups is 1. The molecular formula is C11H18N2OS. The molecule has 0 saturated carbocycles. The lowest BCUT2D eigenvalue weighted by Crippen LogP contribution is -2.30. The quantitative estimate of drug-likeness (QED) is 0.532. The minimum Gasteiger partial charge on any atom is -0.352 e. The van der Waals surface area contributed by atoms with Crippen molar-refractivity contribution in [3.63, 3.8) is 0 Å².